The highest BCUT2D eigenvalue weighted by atomic mass is 16.3. The van der Waals surface area contributed by atoms with Crippen molar-refractivity contribution in [3.63, 3.8) is 0 Å². The van der Waals surface area contributed by atoms with Crippen molar-refractivity contribution < 1.29 is 9.21 Å². The molecule has 0 aliphatic rings. The van der Waals surface area contributed by atoms with E-state index in [1.165, 1.54) is 11.1 Å². The molecule has 1 amide bonds. The van der Waals surface area contributed by atoms with E-state index in [1.54, 1.807) is 23.2 Å². The van der Waals surface area contributed by atoms with E-state index in [0.29, 0.717) is 18.0 Å². The van der Waals surface area contributed by atoms with Gasteiger partial charge in [0.1, 0.15) is 12.3 Å². The van der Waals surface area contributed by atoms with Gasteiger partial charge in [-0.3, -0.25) is 9.48 Å². The number of furan rings is 1. The Balaban J connectivity index is 1.32. The van der Waals surface area contributed by atoms with Crippen molar-refractivity contribution in [3.05, 3.63) is 84.0 Å². The molecule has 0 radical (unpaired) electrons. The highest BCUT2D eigenvalue weighted by molar-refractivity contribution is 5.95. The lowest BCUT2D eigenvalue weighted by Gasteiger charge is -2.06. The summed E-state index contributed by atoms with van der Waals surface area (Å²) in [6.07, 6.45) is 5.18. The Morgan fingerprint density at radius 2 is 1.94 bits per heavy atom. The summed E-state index contributed by atoms with van der Waals surface area (Å²) in [5.41, 5.74) is 4.71. The molecule has 0 aliphatic heterocycles. The van der Waals surface area contributed by atoms with E-state index >= 15 is 0 Å². The minimum atomic E-state index is -0.222. The molecule has 0 saturated heterocycles. The number of rotatable bonds is 6. The maximum Gasteiger partial charge on any atom is 0.247 e. The molecule has 0 unspecified atom stereocenters. The molecule has 8 heteroatoms. The molecule has 0 atom stereocenters. The van der Waals surface area contributed by atoms with Gasteiger partial charge in [-0.25, -0.2) is 9.67 Å². The number of pyridine rings is 1. The predicted molar refractivity (Wildman–Crippen MR) is 121 cm³/mol. The Morgan fingerprint density at radius 1 is 1.06 bits per heavy atom. The van der Waals surface area contributed by atoms with Crippen LogP contribution in [-0.2, 0) is 17.9 Å². The van der Waals surface area contributed by atoms with Gasteiger partial charge in [0.05, 0.1) is 23.9 Å². The molecule has 5 aromatic rings. The van der Waals surface area contributed by atoms with Crippen LogP contribution in [-0.4, -0.2) is 30.5 Å². The lowest BCUT2D eigenvalue weighted by Crippen LogP contribution is -2.20. The Labute approximate surface area is 184 Å². The van der Waals surface area contributed by atoms with Gasteiger partial charge in [-0.2, -0.15) is 10.2 Å². The highest BCUT2D eigenvalue weighted by Crippen LogP contribution is 2.30. The summed E-state index contributed by atoms with van der Waals surface area (Å²) >= 11 is 0. The summed E-state index contributed by atoms with van der Waals surface area (Å²) in [6.45, 7) is 4.65. The fourth-order valence-corrected chi connectivity index (χ4v) is 3.83. The Morgan fingerprint density at radius 3 is 2.75 bits per heavy atom. The second kappa shape index (κ2) is 8.14. The van der Waals surface area contributed by atoms with Crippen LogP contribution in [0.3, 0.4) is 0 Å². The molecule has 0 bridgehead atoms. The Kier molecular flexibility index (Phi) is 5.03. The highest BCUT2D eigenvalue weighted by Gasteiger charge is 2.17. The van der Waals surface area contributed by atoms with E-state index in [-0.39, 0.29) is 12.5 Å². The van der Waals surface area contributed by atoms with Crippen LogP contribution in [0, 0.1) is 13.8 Å². The van der Waals surface area contributed by atoms with E-state index in [1.807, 2.05) is 48.1 Å². The molecule has 0 saturated carbocycles. The molecule has 32 heavy (non-hydrogen) atoms. The summed E-state index contributed by atoms with van der Waals surface area (Å²) in [7, 11) is 0. The SMILES string of the molecule is Cc1ccccc1Cn1ccc(NC(=O)Cn2nc(C)c3c(-c4ccco4)ccnc32)n1. The first-order valence-electron chi connectivity index (χ1n) is 10.3. The minimum absolute atomic E-state index is 0.0314. The van der Waals surface area contributed by atoms with Crippen molar-refractivity contribution in [1.29, 1.82) is 0 Å². The Bertz CT molecular complexity index is 1400. The number of anilines is 1. The van der Waals surface area contributed by atoms with Crippen molar-refractivity contribution in [3.8, 4) is 11.3 Å². The Hall–Kier alpha value is -4.20. The normalized spacial score (nSPS) is 11.2. The van der Waals surface area contributed by atoms with Crippen LogP contribution in [0.4, 0.5) is 5.82 Å². The molecule has 4 heterocycles. The maximum atomic E-state index is 12.7. The fraction of sp³-hybridized carbons (Fsp3) is 0.167. The molecule has 1 aromatic carbocycles. The predicted octanol–water partition coefficient (Wildman–Crippen LogP) is 4.19. The molecule has 160 valence electrons. The van der Waals surface area contributed by atoms with Crippen molar-refractivity contribution in [2.24, 2.45) is 0 Å². The van der Waals surface area contributed by atoms with E-state index in [0.717, 1.165) is 22.4 Å². The summed E-state index contributed by atoms with van der Waals surface area (Å²) in [5.74, 6) is 1.02. The maximum absolute atomic E-state index is 12.7. The fourth-order valence-electron chi connectivity index (χ4n) is 3.83. The molecule has 5 rings (SSSR count). The standard InChI is InChI=1S/C24H22N6O2/c1-16-6-3-4-7-18(16)14-29-12-10-21(28-29)26-22(31)15-30-24-23(17(2)27-30)19(9-11-25-24)20-8-5-13-32-20/h3-13H,14-15H2,1-2H3,(H,26,28,31). The van der Waals surface area contributed by atoms with Crippen LogP contribution in [0.5, 0.6) is 0 Å². The average Bonchev–Trinajstić information content (AvgIpc) is 3.52. The molecular weight excluding hydrogens is 404 g/mol. The van der Waals surface area contributed by atoms with Gasteiger partial charge in [0.15, 0.2) is 11.5 Å². The second-order valence-electron chi connectivity index (χ2n) is 7.65. The van der Waals surface area contributed by atoms with Crippen LogP contribution in [0.25, 0.3) is 22.4 Å². The van der Waals surface area contributed by atoms with Crippen LogP contribution in [0.2, 0.25) is 0 Å². The third-order valence-corrected chi connectivity index (χ3v) is 5.39. The quantitative estimate of drug-likeness (QED) is 0.440. The van der Waals surface area contributed by atoms with Gasteiger partial charge in [0.25, 0.3) is 0 Å². The summed E-state index contributed by atoms with van der Waals surface area (Å²) < 4.78 is 8.97. The van der Waals surface area contributed by atoms with Crippen molar-refractivity contribution in [1.82, 2.24) is 24.5 Å². The van der Waals surface area contributed by atoms with Gasteiger partial charge in [-0.15, -0.1) is 0 Å². The number of benzene rings is 1. The topological polar surface area (TPSA) is 90.8 Å². The molecule has 0 aliphatic carbocycles. The first-order valence-corrected chi connectivity index (χ1v) is 10.3. The number of carbonyl (C=O) groups excluding carboxylic acids is 1. The third-order valence-electron chi connectivity index (χ3n) is 5.39. The molecule has 1 N–H and O–H groups in total. The largest absolute Gasteiger partial charge is 0.464 e. The number of nitrogens with zero attached hydrogens (tertiary/aromatic N) is 5. The van der Waals surface area contributed by atoms with Crippen LogP contribution < -0.4 is 5.32 Å². The molecule has 8 nitrogen and oxygen atoms in total. The van der Waals surface area contributed by atoms with E-state index in [4.69, 9.17) is 4.42 Å². The summed E-state index contributed by atoms with van der Waals surface area (Å²) in [5, 5.41) is 12.7. The number of nitrogens with one attached hydrogen (secondary N) is 1. The number of aromatic nitrogens is 5. The first-order chi connectivity index (χ1) is 15.6. The molecule has 0 spiro atoms. The zero-order valence-electron chi connectivity index (χ0n) is 17.8. The van der Waals surface area contributed by atoms with Crippen molar-refractivity contribution in [2.75, 3.05) is 5.32 Å². The van der Waals surface area contributed by atoms with Crippen molar-refractivity contribution in [2.45, 2.75) is 26.9 Å². The average molecular weight is 426 g/mol. The molecule has 4 aromatic heterocycles. The van der Waals surface area contributed by atoms with E-state index < -0.39 is 0 Å². The number of carbonyl (C=O) groups is 1. The number of fused-ring (bicyclic) bond motifs is 1. The molecule has 0 fully saturated rings. The summed E-state index contributed by atoms with van der Waals surface area (Å²) in [4.78, 5) is 17.2. The van der Waals surface area contributed by atoms with Gasteiger partial charge >= 0.3 is 0 Å². The van der Waals surface area contributed by atoms with Gasteiger partial charge in [-0.05, 0) is 43.2 Å². The number of amides is 1. The first kappa shape index (κ1) is 19.7. The number of aryl methyl sites for hydroxylation is 2. The lowest BCUT2D eigenvalue weighted by atomic mass is 10.1. The van der Waals surface area contributed by atoms with Gasteiger partial charge in [-0.1, -0.05) is 24.3 Å². The van der Waals surface area contributed by atoms with Crippen molar-refractivity contribution >= 4 is 22.8 Å². The zero-order valence-corrected chi connectivity index (χ0v) is 17.8. The van der Waals surface area contributed by atoms with Crippen LogP contribution >= 0.6 is 0 Å². The monoisotopic (exact) mass is 426 g/mol. The van der Waals surface area contributed by atoms with Crippen LogP contribution in [0.15, 0.2) is 71.6 Å². The number of hydrogen-bond acceptors (Lipinski definition) is 5. The lowest BCUT2D eigenvalue weighted by molar-refractivity contribution is -0.116. The number of hydrogen-bond donors (Lipinski definition) is 1. The zero-order chi connectivity index (χ0) is 22.1. The van der Waals surface area contributed by atoms with Gasteiger partial charge in [0.2, 0.25) is 5.91 Å². The molecular formula is C24H22N6O2. The van der Waals surface area contributed by atoms with Crippen LogP contribution in [0.1, 0.15) is 16.8 Å². The summed E-state index contributed by atoms with van der Waals surface area (Å²) in [6, 6.07) is 15.6. The van der Waals surface area contributed by atoms with E-state index in [9.17, 15) is 4.79 Å². The van der Waals surface area contributed by atoms with Gasteiger partial charge < -0.3 is 9.73 Å². The second-order valence-corrected chi connectivity index (χ2v) is 7.65. The smallest absolute Gasteiger partial charge is 0.247 e. The third kappa shape index (κ3) is 3.78. The minimum Gasteiger partial charge on any atom is -0.464 e. The van der Waals surface area contributed by atoms with E-state index in [2.05, 4.69) is 39.6 Å². The van der Waals surface area contributed by atoms with Gasteiger partial charge in [0, 0.05) is 24.0 Å².